The standard InChI is InChI=1S/C27H31N7O5/c1-33(26(36)23-5-3-8-39-23)14-18-10-17-4-2-7-34(25(17)31-22(18)15-35)27(37)32-24-11-21(19(12-28)13-29-24)30-20-6-9-38-16-20/h10-11,13,15,20,23H,2-9,14,16H2,1H3,(H2,29,30,32,37). The van der Waals surface area contributed by atoms with Crippen LogP contribution in [0.3, 0.4) is 0 Å². The highest BCUT2D eigenvalue weighted by Gasteiger charge is 2.29. The van der Waals surface area contributed by atoms with Gasteiger partial charge in [-0.2, -0.15) is 5.26 Å². The molecule has 5 heterocycles. The Labute approximate surface area is 226 Å². The van der Waals surface area contributed by atoms with Crippen molar-refractivity contribution in [3.8, 4) is 6.07 Å². The molecule has 0 aliphatic carbocycles. The van der Waals surface area contributed by atoms with E-state index in [0.717, 1.165) is 18.4 Å². The number of aromatic nitrogens is 2. The van der Waals surface area contributed by atoms with Crippen LogP contribution in [0.4, 0.5) is 22.1 Å². The van der Waals surface area contributed by atoms with Crippen LogP contribution in [-0.4, -0.2) is 78.7 Å². The van der Waals surface area contributed by atoms with E-state index in [0.29, 0.717) is 74.5 Å². The molecule has 2 N–H and O–H groups in total. The molecule has 2 saturated heterocycles. The van der Waals surface area contributed by atoms with Crippen LogP contribution < -0.4 is 15.5 Å². The number of fused-ring (bicyclic) bond motifs is 1. The maximum atomic E-state index is 13.3. The van der Waals surface area contributed by atoms with Crippen LogP contribution >= 0.6 is 0 Å². The Bertz CT molecular complexity index is 1300. The number of aldehydes is 1. The van der Waals surface area contributed by atoms with Crippen LogP contribution in [0.15, 0.2) is 18.3 Å². The Hall–Kier alpha value is -4.08. The third-order valence-electron chi connectivity index (χ3n) is 7.17. The first kappa shape index (κ1) is 26.5. The second-order valence-electron chi connectivity index (χ2n) is 9.95. The van der Waals surface area contributed by atoms with E-state index in [2.05, 4.69) is 26.7 Å². The monoisotopic (exact) mass is 533 g/mol. The van der Waals surface area contributed by atoms with Gasteiger partial charge >= 0.3 is 6.03 Å². The number of aryl methyl sites for hydroxylation is 1. The topological polar surface area (TPSA) is 150 Å². The molecule has 12 nitrogen and oxygen atoms in total. The van der Waals surface area contributed by atoms with Crippen molar-refractivity contribution in [3.05, 3.63) is 40.7 Å². The summed E-state index contributed by atoms with van der Waals surface area (Å²) in [6.45, 7) is 2.41. The lowest BCUT2D eigenvalue weighted by Gasteiger charge is -2.29. The van der Waals surface area contributed by atoms with Gasteiger partial charge in [0.25, 0.3) is 5.91 Å². The minimum Gasteiger partial charge on any atom is -0.379 e. The number of amides is 3. The number of ether oxygens (including phenoxy) is 2. The van der Waals surface area contributed by atoms with Gasteiger partial charge in [-0.25, -0.2) is 14.8 Å². The largest absolute Gasteiger partial charge is 0.379 e. The second kappa shape index (κ2) is 11.8. The molecule has 0 aromatic carbocycles. The summed E-state index contributed by atoms with van der Waals surface area (Å²) in [6.07, 6.45) is 5.39. The van der Waals surface area contributed by atoms with Crippen LogP contribution in [0.1, 0.15) is 52.9 Å². The Morgan fingerprint density at radius 1 is 1.28 bits per heavy atom. The predicted octanol–water partition coefficient (Wildman–Crippen LogP) is 2.48. The smallest absolute Gasteiger partial charge is 0.328 e. The van der Waals surface area contributed by atoms with E-state index in [1.165, 1.54) is 11.1 Å². The average molecular weight is 534 g/mol. The van der Waals surface area contributed by atoms with Crippen molar-refractivity contribution in [2.24, 2.45) is 0 Å². The number of nitrogens with zero attached hydrogens (tertiary/aromatic N) is 5. The van der Waals surface area contributed by atoms with Crippen molar-refractivity contribution < 1.29 is 23.9 Å². The number of pyridine rings is 2. The summed E-state index contributed by atoms with van der Waals surface area (Å²) < 4.78 is 10.9. The molecule has 2 unspecified atom stereocenters. The van der Waals surface area contributed by atoms with Crippen LogP contribution in [0, 0.1) is 11.3 Å². The maximum Gasteiger partial charge on any atom is 0.328 e. The molecule has 2 fully saturated rings. The zero-order valence-electron chi connectivity index (χ0n) is 21.8. The van der Waals surface area contributed by atoms with Crippen molar-refractivity contribution in [3.63, 3.8) is 0 Å². The summed E-state index contributed by atoms with van der Waals surface area (Å²) >= 11 is 0. The molecule has 2 atom stereocenters. The molecule has 0 bridgehead atoms. The highest BCUT2D eigenvalue weighted by atomic mass is 16.5. The van der Waals surface area contributed by atoms with E-state index in [-0.39, 0.29) is 30.0 Å². The molecule has 204 valence electrons. The zero-order chi connectivity index (χ0) is 27.4. The number of nitrogens with one attached hydrogen (secondary N) is 2. The van der Waals surface area contributed by atoms with Gasteiger partial charge in [0.1, 0.15) is 29.5 Å². The molecule has 2 aromatic heterocycles. The molecule has 5 rings (SSSR count). The van der Waals surface area contributed by atoms with Crippen LogP contribution in [0.5, 0.6) is 0 Å². The lowest BCUT2D eigenvalue weighted by molar-refractivity contribution is -0.140. The summed E-state index contributed by atoms with van der Waals surface area (Å²) in [5, 5.41) is 15.6. The molecule has 3 aliphatic heterocycles. The summed E-state index contributed by atoms with van der Waals surface area (Å²) in [5.74, 6) is 0.578. The van der Waals surface area contributed by atoms with Gasteiger partial charge in [-0.3, -0.25) is 19.8 Å². The van der Waals surface area contributed by atoms with E-state index in [9.17, 15) is 19.6 Å². The third kappa shape index (κ3) is 5.84. The number of hydrogen-bond acceptors (Lipinski definition) is 9. The maximum absolute atomic E-state index is 13.3. The van der Waals surface area contributed by atoms with Gasteiger partial charge in [0.05, 0.1) is 23.9 Å². The van der Waals surface area contributed by atoms with Gasteiger partial charge in [-0.1, -0.05) is 0 Å². The number of carbonyl (C=O) groups excluding carboxylic acids is 3. The minimum atomic E-state index is -0.447. The fourth-order valence-electron chi connectivity index (χ4n) is 5.11. The van der Waals surface area contributed by atoms with Gasteiger partial charge in [0, 0.05) is 51.2 Å². The van der Waals surface area contributed by atoms with Crippen LogP contribution in [0.2, 0.25) is 0 Å². The highest BCUT2D eigenvalue weighted by molar-refractivity contribution is 6.02. The van der Waals surface area contributed by atoms with E-state index >= 15 is 0 Å². The predicted molar refractivity (Wildman–Crippen MR) is 142 cm³/mol. The average Bonchev–Trinajstić information content (AvgIpc) is 3.67. The van der Waals surface area contributed by atoms with Crippen molar-refractivity contribution in [1.82, 2.24) is 14.9 Å². The van der Waals surface area contributed by atoms with E-state index in [1.54, 1.807) is 18.0 Å². The summed E-state index contributed by atoms with van der Waals surface area (Å²) in [6, 6.07) is 5.25. The van der Waals surface area contributed by atoms with Crippen molar-refractivity contribution in [2.45, 2.75) is 50.8 Å². The van der Waals surface area contributed by atoms with Gasteiger partial charge in [-0.15, -0.1) is 0 Å². The lowest BCUT2D eigenvalue weighted by Crippen LogP contribution is -2.40. The van der Waals surface area contributed by atoms with Crippen molar-refractivity contribution >= 4 is 35.5 Å². The quantitative estimate of drug-likeness (QED) is 0.512. The van der Waals surface area contributed by atoms with Crippen molar-refractivity contribution in [1.29, 1.82) is 5.26 Å². The molecule has 12 heteroatoms. The first-order valence-corrected chi connectivity index (χ1v) is 13.1. The number of anilines is 3. The number of carbonyl (C=O) groups is 3. The summed E-state index contributed by atoms with van der Waals surface area (Å²) in [7, 11) is 1.69. The normalized spacial score (nSPS) is 20.2. The first-order valence-electron chi connectivity index (χ1n) is 13.1. The zero-order valence-corrected chi connectivity index (χ0v) is 21.8. The van der Waals surface area contributed by atoms with Gasteiger partial charge in [0.2, 0.25) is 0 Å². The van der Waals surface area contributed by atoms with E-state index < -0.39 is 12.1 Å². The molecule has 2 aromatic rings. The molecule has 3 amide bonds. The lowest BCUT2D eigenvalue weighted by atomic mass is 10.0. The number of nitriles is 1. The molecular formula is C27H31N7O5. The summed E-state index contributed by atoms with van der Waals surface area (Å²) in [4.78, 5) is 49.8. The SMILES string of the molecule is CN(Cc1cc2c(nc1C=O)N(C(=O)Nc1cc(NC3CCOC3)c(C#N)cn1)CCC2)C(=O)C1CCCO1. The van der Waals surface area contributed by atoms with E-state index in [4.69, 9.17) is 9.47 Å². The van der Waals surface area contributed by atoms with Crippen molar-refractivity contribution in [2.75, 3.05) is 48.9 Å². The van der Waals surface area contributed by atoms with Crippen LogP contribution in [0.25, 0.3) is 0 Å². The van der Waals surface area contributed by atoms with Crippen LogP contribution in [-0.2, 0) is 27.2 Å². The van der Waals surface area contributed by atoms with E-state index in [1.807, 2.05) is 6.07 Å². The molecule has 0 radical (unpaired) electrons. The summed E-state index contributed by atoms with van der Waals surface area (Å²) in [5.41, 5.74) is 2.58. The highest BCUT2D eigenvalue weighted by Crippen LogP contribution is 2.29. The van der Waals surface area contributed by atoms with Gasteiger partial charge in [-0.05, 0) is 43.7 Å². The van der Waals surface area contributed by atoms with Gasteiger partial charge < -0.3 is 19.7 Å². The molecule has 0 spiro atoms. The number of urea groups is 1. The Balaban J connectivity index is 1.33. The fourth-order valence-corrected chi connectivity index (χ4v) is 5.11. The second-order valence-corrected chi connectivity index (χ2v) is 9.95. The number of likely N-dealkylation sites (N-methyl/N-ethyl adjacent to an activating group) is 1. The van der Waals surface area contributed by atoms with Gasteiger partial charge in [0.15, 0.2) is 6.29 Å². The Morgan fingerprint density at radius 2 is 2.15 bits per heavy atom. The molecule has 0 saturated carbocycles. The fraction of sp³-hybridized carbons (Fsp3) is 0.481. The first-order chi connectivity index (χ1) is 19.0. The molecule has 39 heavy (non-hydrogen) atoms. The minimum absolute atomic E-state index is 0.0807. The number of rotatable bonds is 7. The Kier molecular flexibility index (Phi) is 7.99. The molecular weight excluding hydrogens is 502 g/mol. The molecule has 3 aliphatic rings. The number of hydrogen-bond donors (Lipinski definition) is 2. The third-order valence-corrected chi connectivity index (χ3v) is 7.17. The Morgan fingerprint density at radius 3 is 2.87 bits per heavy atom.